The van der Waals surface area contributed by atoms with Crippen molar-refractivity contribution < 1.29 is 14.3 Å². The van der Waals surface area contributed by atoms with Gasteiger partial charge < -0.3 is 14.8 Å². The quantitative estimate of drug-likeness (QED) is 0.587. The molecule has 1 N–H and O–H groups in total. The molecule has 5 heteroatoms. The van der Waals surface area contributed by atoms with E-state index in [4.69, 9.17) is 9.47 Å². The zero-order chi connectivity index (χ0) is 18.2. The van der Waals surface area contributed by atoms with Crippen molar-refractivity contribution >= 4 is 17.2 Å². The Hall–Kier alpha value is -2.79. The van der Waals surface area contributed by atoms with E-state index >= 15 is 0 Å². The molecule has 1 amide bonds. The average molecular weight is 367 g/mol. The van der Waals surface area contributed by atoms with Crippen LogP contribution < -0.4 is 14.8 Å². The molecule has 4 nitrogen and oxygen atoms in total. The van der Waals surface area contributed by atoms with Crippen molar-refractivity contribution in [1.82, 2.24) is 5.32 Å². The summed E-state index contributed by atoms with van der Waals surface area (Å²) in [7, 11) is 0. The first-order valence-corrected chi connectivity index (χ1v) is 9.36. The Kier molecular flexibility index (Phi) is 6.28. The van der Waals surface area contributed by atoms with E-state index in [0.29, 0.717) is 24.5 Å². The average Bonchev–Trinajstić information content (AvgIpc) is 3.21. The van der Waals surface area contributed by atoms with Crippen LogP contribution in [0.5, 0.6) is 11.5 Å². The van der Waals surface area contributed by atoms with Crippen molar-refractivity contribution in [2.24, 2.45) is 0 Å². The number of ether oxygens (including phenoxy) is 2. The molecule has 0 radical (unpaired) electrons. The molecule has 0 fully saturated rings. The van der Waals surface area contributed by atoms with Gasteiger partial charge in [0.15, 0.2) is 0 Å². The van der Waals surface area contributed by atoms with Gasteiger partial charge in [0.2, 0.25) is 0 Å². The third-order valence-corrected chi connectivity index (χ3v) is 4.86. The van der Waals surface area contributed by atoms with Gasteiger partial charge in [0.1, 0.15) is 24.7 Å². The zero-order valence-corrected chi connectivity index (χ0v) is 15.4. The fourth-order valence-electron chi connectivity index (χ4n) is 2.49. The Morgan fingerprint density at radius 2 is 1.69 bits per heavy atom. The summed E-state index contributed by atoms with van der Waals surface area (Å²) < 4.78 is 11.4. The lowest BCUT2D eigenvalue weighted by molar-refractivity contribution is 0.0935. The van der Waals surface area contributed by atoms with E-state index in [2.05, 4.69) is 5.32 Å². The third-order valence-electron chi connectivity index (χ3n) is 3.80. The van der Waals surface area contributed by atoms with Gasteiger partial charge in [0.25, 0.3) is 5.91 Å². The Balaban J connectivity index is 1.56. The second kappa shape index (κ2) is 9.06. The van der Waals surface area contributed by atoms with Gasteiger partial charge in [-0.1, -0.05) is 36.4 Å². The number of rotatable bonds is 8. The highest BCUT2D eigenvalue weighted by Gasteiger charge is 2.16. The molecule has 1 atom stereocenters. The summed E-state index contributed by atoms with van der Waals surface area (Å²) in [6.45, 7) is 2.74. The second-order valence-electron chi connectivity index (χ2n) is 5.72. The standard InChI is InChI=1S/C21H21NO3S/c1-16(20-12-7-15-26-20)22-21(23)18-10-5-6-11-19(18)25-14-13-24-17-8-3-2-4-9-17/h2-12,15-16H,13-14H2,1H3,(H,22,23). The number of hydrogen-bond donors (Lipinski definition) is 1. The van der Waals surface area contributed by atoms with Crippen LogP contribution >= 0.6 is 11.3 Å². The summed E-state index contributed by atoms with van der Waals surface area (Å²) in [4.78, 5) is 13.7. The summed E-state index contributed by atoms with van der Waals surface area (Å²) in [5.74, 6) is 1.21. The minimum atomic E-state index is -0.148. The van der Waals surface area contributed by atoms with Crippen molar-refractivity contribution in [3.8, 4) is 11.5 Å². The molecule has 2 aromatic carbocycles. The molecule has 3 rings (SSSR count). The Morgan fingerprint density at radius 1 is 0.962 bits per heavy atom. The maximum absolute atomic E-state index is 12.6. The van der Waals surface area contributed by atoms with Crippen LogP contribution in [0.15, 0.2) is 72.1 Å². The van der Waals surface area contributed by atoms with E-state index in [0.717, 1.165) is 10.6 Å². The van der Waals surface area contributed by atoms with E-state index in [1.165, 1.54) is 0 Å². The van der Waals surface area contributed by atoms with Crippen LogP contribution in [0.2, 0.25) is 0 Å². The Labute approximate surface area is 157 Å². The molecule has 3 aromatic rings. The van der Waals surface area contributed by atoms with Crippen LogP contribution in [0, 0.1) is 0 Å². The maximum atomic E-state index is 12.6. The number of carbonyl (C=O) groups excluding carboxylic acids is 1. The van der Waals surface area contributed by atoms with Crippen LogP contribution in [0.3, 0.4) is 0 Å². The van der Waals surface area contributed by atoms with Crippen LogP contribution in [-0.2, 0) is 0 Å². The highest BCUT2D eigenvalue weighted by atomic mass is 32.1. The molecule has 0 spiro atoms. The highest BCUT2D eigenvalue weighted by molar-refractivity contribution is 7.10. The first kappa shape index (κ1) is 18.0. The van der Waals surface area contributed by atoms with Crippen molar-refractivity contribution in [2.45, 2.75) is 13.0 Å². The van der Waals surface area contributed by atoms with Crippen LogP contribution in [0.1, 0.15) is 28.2 Å². The molecule has 1 heterocycles. The Bertz CT molecular complexity index is 818. The largest absolute Gasteiger partial charge is 0.490 e. The zero-order valence-electron chi connectivity index (χ0n) is 14.6. The molecule has 0 aliphatic rings. The Morgan fingerprint density at radius 3 is 2.46 bits per heavy atom. The smallest absolute Gasteiger partial charge is 0.255 e. The predicted octanol–water partition coefficient (Wildman–Crippen LogP) is 4.70. The summed E-state index contributed by atoms with van der Waals surface area (Å²) in [5.41, 5.74) is 0.524. The minimum absolute atomic E-state index is 0.0445. The van der Waals surface area contributed by atoms with Gasteiger partial charge in [0, 0.05) is 4.88 Å². The third kappa shape index (κ3) is 4.86. The summed E-state index contributed by atoms with van der Waals surface area (Å²) in [6, 6.07) is 20.8. The van der Waals surface area contributed by atoms with Crippen LogP contribution in [-0.4, -0.2) is 19.1 Å². The second-order valence-corrected chi connectivity index (χ2v) is 6.70. The van der Waals surface area contributed by atoms with Gasteiger partial charge in [-0.15, -0.1) is 11.3 Å². The molecule has 0 aliphatic carbocycles. The van der Waals surface area contributed by atoms with E-state index in [1.807, 2.05) is 66.9 Å². The lowest BCUT2D eigenvalue weighted by Crippen LogP contribution is -2.26. The predicted molar refractivity (Wildman–Crippen MR) is 104 cm³/mol. The van der Waals surface area contributed by atoms with Gasteiger partial charge in [-0.3, -0.25) is 4.79 Å². The maximum Gasteiger partial charge on any atom is 0.255 e. The number of hydrogen-bond acceptors (Lipinski definition) is 4. The highest BCUT2D eigenvalue weighted by Crippen LogP contribution is 2.22. The number of carbonyl (C=O) groups is 1. The lowest BCUT2D eigenvalue weighted by atomic mass is 10.1. The van der Waals surface area contributed by atoms with E-state index in [9.17, 15) is 4.79 Å². The first-order chi connectivity index (χ1) is 12.7. The summed E-state index contributed by atoms with van der Waals surface area (Å²) in [6.07, 6.45) is 0. The van der Waals surface area contributed by atoms with Gasteiger partial charge in [-0.2, -0.15) is 0 Å². The number of para-hydroxylation sites is 2. The molecule has 0 bridgehead atoms. The van der Waals surface area contributed by atoms with E-state index in [-0.39, 0.29) is 11.9 Å². The molecular weight excluding hydrogens is 346 g/mol. The topological polar surface area (TPSA) is 47.6 Å². The molecule has 0 aliphatic heterocycles. The molecule has 1 unspecified atom stereocenters. The fourth-order valence-corrected chi connectivity index (χ4v) is 3.23. The van der Waals surface area contributed by atoms with Gasteiger partial charge in [-0.25, -0.2) is 0 Å². The fraction of sp³-hybridized carbons (Fsp3) is 0.190. The molecule has 0 saturated carbocycles. The number of amides is 1. The van der Waals surface area contributed by atoms with Gasteiger partial charge in [0.05, 0.1) is 11.6 Å². The minimum Gasteiger partial charge on any atom is -0.490 e. The van der Waals surface area contributed by atoms with Crippen molar-refractivity contribution in [1.29, 1.82) is 0 Å². The van der Waals surface area contributed by atoms with Crippen molar-refractivity contribution in [2.75, 3.05) is 13.2 Å². The van der Waals surface area contributed by atoms with Crippen molar-refractivity contribution in [3.05, 3.63) is 82.6 Å². The summed E-state index contributed by atoms with van der Waals surface area (Å²) in [5, 5.41) is 5.02. The molecule has 0 saturated heterocycles. The van der Waals surface area contributed by atoms with E-state index in [1.54, 1.807) is 23.5 Å². The van der Waals surface area contributed by atoms with E-state index < -0.39 is 0 Å². The molecule has 1 aromatic heterocycles. The number of thiophene rings is 1. The van der Waals surface area contributed by atoms with Crippen LogP contribution in [0.25, 0.3) is 0 Å². The number of benzene rings is 2. The van der Waals surface area contributed by atoms with Crippen molar-refractivity contribution in [3.63, 3.8) is 0 Å². The van der Waals surface area contributed by atoms with Gasteiger partial charge >= 0.3 is 0 Å². The molecular formula is C21H21NO3S. The number of nitrogens with one attached hydrogen (secondary N) is 1. The SMILES string of the molecule is CC(NC(=O)c1ccccc1OCCOc1ccccc1)c1cccs1. The van der Waals surface area contributed by atoms with Gasteiger partial charge in [-0.05, 0) is 42.6 Å². The lowest BCUT2D eigenvalue weighted by Gasteiger charge is -2.15. The summed E-state index contributed by atoms with van der Waals surface area (Å²) >= 11 is 1.62. The van der Waals surface area contributed by atoms with Crippen LogP contribution in [0.4, 0.5) is 0 Å². The monoisotopic (exact) mass is 367 g/mol. The molecule has 26 heavy (non-hydrogen) atoms. The normalized spacial score (nSPS) is 11.6. The first-order valence-electron chi connectivity index (χ1n) is 8.48. The molecule has 134 valence electrons.